The molecular formula is C24H34. The Kier molecular flexibility index (Phi) is 10.1. The lowest BCUT2D eigenvalue weighted by Crippen LogP contribution is -1.87. The van der Waals surface area contributed by atoms with Crippen LogP contribution in [-0.4, -0.2) is 0 Å². The van der Waals surface area contributed by atoms with Crippen LogP contribution in [0.5, 0.6) is 0 Å². The first-order valence-electron chi connectivity index (χ1n) is 10.2. The van der Waals surface area contributed by atoms with Gasteiger partial charge in [-0.25, -0.2) is 0 Å². The molecule has 0 aliphatic heterocycles. The lowest BCUT2D eigenvalue weighted by atomic mass is 10.00. The fraction of sp³-hybridized carbons (Fsp3) is 0.583. The van der Waals surface area contributed by atoms with Crippen molar-refractivity contribution >= 4 is 0 Å². The average molecular weight is 323 g/mol. The van der Waals surface area contributed by atoms with Crippen LogP contribution in [0.25, 0.3) is 0 Å². The van der Waals surface area contributed by atoms with Crippen LogP contribution in [0.1, 0.15) is 95.5 Å². The summed E-state index contributed by atoms with van der Waals surface area (Å²) in [6, 6.07) is 10.3. The molecule has 24 heavy (non-hydrogen) atoms. The maximum atomic E-state index is 3.30. The quantitative estimate of drug-likeness (QED) is 0.435. The van der Waals surface area contributed by atoms with Gasteiger partial charge in [0, 0.05) is 5.56 Å². The molecule has 1 aliphatic rings. The van der Waals surface area contributed by atoms with Gasteiger partial charge in [0.15, 0.2) is 0 Å². The molecule has 1 aromatic carbocycles. The second kappa shape index (κ2) is 12.9. The minimum atomic E-state index is 1.12. The maximum absolute atomic E-state index is 3.30. The van der Waals surface area contributed by atoms with Gasteiger partial charge < -0.3 is 0 Å². The van der Waals surface area contributed by atoms with Gasteiger partial charge in [-0.2, -0.15) is 0 Å². The molecule has 1 fully saturated rings. The fourth-order valence-electron chi connectivity index (χ4n) is 3.48. The summed E-state index contributed by atoms with van der Waals surface area (Å²) >= 11 is 0. The summed E-state index contributed by atoms with van der Waals surface area (Å²) in [5, 5.41) is 0. The molecule has 1 aliphatic carbocycles. The number of hydrogen-bond acceptors (Lipinski definition) is 0. The first kappa shape index (κ1) is 18.9. The number of rotatable bonds is 0. The lowest BCUT2D eigenvalue weighted by Gasteiger charge is -2.06. The second-order valence-electron chi connectivity index (χ2n) is 7.18. The SMILES string of the molecule is C(#Cc1ccccc1)C=C1CCCCCCCCCCCCCC1. The lowest BCUT2D eigenvalue weighted by molar-refractivity contribution is 0.548. The first-order valence-corrected chi connectivity index (χ1v) is 10.2. The fourth-order valence-corrected chi connectivity index (χ4v) is 3.48. The molecule has 1 saturated carbocycles. The summed E-state index contributed by atoms with van der Waals surface area (Å²) in [6.45, 7) is 0. The number of benzene rings is 1. The summed E-state index contributed by atoms with van der Waals surface area (Å²) in [4.78, 5) is 0. The van der Waals surface area contributed by atoms with E-state index in [2.05, 4.69) is 42.2 Å². The van der Waals surface area contributed by atoms with Crippen molar-refractivity contribution in [2.24, 2.45) is 0 Å². The van der Waals surface area contributed by atoms with Crippen LogP contribution in [-0.2, 0) is 0 Å². The Labute approximate surface area is 149 Å². The van der Waals surface area contributed by atoms with E-state index in [0.29, 0.717) is 0 Å². The summed E-state index contributed by atoms with van der Waals surface area (Å²) in [5.74, 6) is 6.58. The Morgan fingerprint density at radius 2 is 1.04 bits per heavy atom. The molecule has 0 N–H and O–H groups in total. The highest BCUT2D eigenvalue weighted by Gasteiger charge is 2.00. The van der Waals surface area contributed by atoms with Crippen molar-refractivity contribution < 1.29 is 0 Å². The van der Waals surface area contributed by atoms with Gasteiger partial charge in [-0.15, -0.1) is 0 Å². The van der Waals surface area contributed by atoms with Crippen molar-refractivity contribution in [2.45, 2.75) is 89.9 Å². The third-order valence-electron chi connectivity index (χ3n) is 5.01. The third kappa shape index (κ3) is 8.97. The summed E-state index contributed by atoms with van der Waals surface area (Å²) in [5.41, 5.74) is 2.69. The second-order valence-corrected chi connectivity index (χ2v) is 7.18. The highest BCUT2D eigenvalue weighted by molar-refractivity contribution is 5.37. The Hall–Kier alpha value is -1.48. The van der Waals surface area contributed by atoms with E-state index >= 15 is 0 Å². The number of hydrogen-bond donors (Lipinski definition) is 0. The van der Waals surface area contributed by atoms with Gasteiger partial charge in [0.2, 0.25) is 0 Å². The molecule has 0 saturated heterocycles. The monoisotopic (exact) mass is 322 g/mol. The van der Waals surface area contributed by atoms with Crippen molar-refractivity contribution in [3.8, 4) is 11.8 Å². The molecule has 0 amide bonds. The zero-order chi connectivity index (χ0) is 16.7. The van der Waals surface area contributed by atoms with Crippen LogP contribution in [0.2, 0.25) is 0 Å². The molecule has 0 unspecified atom stereocenters. The van der Waals surface area contributed by atoms with E-state index in [-0.39, 0.29) is 0 Å². The van der Waals surface area contributed by atoms with Gasteiger partial charge in [-0.1, -0.05) is 99.8 Å². The smallest absolute Gasteiger partial charge is 0.0248 e. The van der Waals surface area contributed by atoms with Crippen LogP contribution < -0.4 is 0 Å². The predicted octanol–water partition coefficient (Wildman–Crippen LogP) is 7.44. The molecule has 0 heterocycles. The molecule has 0 heteroatoms. The Bertz CT molecular complexity index is 494. The van der Waals surface area contributed by atoms with Crippen LogP contribution in [0.15, 0.2) is 42.0 Å². The van der Waals surface area contributed by atoms with Crippen LogP contribution in [0.3, 0.4) is 0 Å². The standard InChI is InChI=1S/C24H34/c1-2-4-6-8-10-13-18-23(17-12-9-7-5-3-1)21-16-22-24-19-14-11-15-20-24/h11,14-15,19-21H,1-10,12-13,17-18H2. The van der Waals surface area contributed by atoms with E-state index in [4.69, 9.17) is 0 Å². The predicted molar refractivity (Wildman–Crippen MR) is 106 cm³/mol. The molecular weight excluding hydrogens is 288 g/mol. The normalized spacial score (nSPS) is 18.6. The van der Waals surface area contributed by atoms with Crippen molar-refractivity contribution in [3.05, 3.63) is 47.5 Å². The molecule has 0 radical (unpaired) electrons. The summed E-state index contributed by atoms with van der Waals surface area (Å²) in [7, 11) is 0. The molecule has 0 bridgehead atoms. The number of allylic oxidation sites excluding steroid dienone is 2. The van der Waals surface area contributed by atoms with Gasteiger partial charge in [-0.3, -0.25) is 0 Å². The zero-order valence-electron chi connectivity index (χ0n) is 15.4. The molecule has 130 valence electrons. The van der Waals surface area contributed by atoms with Gasteiger partial charge in [-0.05, 0) is 43.9 Å². The highest BCUT2D eigenvalue weighted by atomic mass is 14.1. The van der Waals surface area contributed by atoms with Gasteiger partial charge in [0.1, 0.15) is 0 Å². The minimum absolute atomic E-state index is 1.12. The highest BCUT2D eigenvalue weighted by Crippen LogP contribution is 2.19. The molecule has 0 nitrogen and oxygen atoms in total. The third-order valence-corrected chi connectivity index (χ3v) is 5.01. The van der Waals surface area contributed by atoms with Crippen molar-refractivity contribution in [1.29, 1.82) is 0 Å². The van der Waals surface area contributed by atoms with Crippen LogP contribution in [0.4, 0.5) is 0 Å². The van der Waals surface area contributed by atoms with E-state index in [1.807, 2.05) is 6.07 Å². The van der Waals surface area contributed by atoms with E-state index in [0.717, 1.165) is 5.56 Å². The molecule has 1 aromatic rings. The molecule has 0 spiro atoms. The van der Waals surface area contributed by atoms with Crippen molar-refractivity contribution in [3.63, 3.8) is 0 Å². The van der Waals surface area contributed by atoms with Gasteiger partial charge in [0.05, 0.1) is 0 Å². The van der Waals surface area contributed by atoms with Gasteiger partial charge >= 0.3 is 0 Å². The van der Waals surface area contributed by atoms with E-state index in [1.165, 1.54) is 89.9 Å². The maximum Gasteiger partial charge on any atom is 0.0248 e. The van der Waals surface area contributed by atoms with Crippen molar-refractivity contribution in [1.82, 2.24) is 0 Å². The Morgan fingerprint density at radius 3 is 1.54 bits per heavy atom. The zero-order valence-corrected chi connectivity index (χ0v) is 15.4. The molecule has 2 rings (SSSR count). The topological polar surface area (TPSA) is 0 Å². The average Bonchev–Trinajstić information content (AvgIpc) is 2.62. The first-order chi connectivity index (χ1) is 11.9. The van der Waals surface area contributed by atoms with Crippen LogP contribution >= 0.6 is 0 Å². The van der Waals surface area contributed by atoms with E-state index < -0.39 is 0 Å². The minimum Gasteiger partial charge on any atom is -0.0697 e. The molecule has 0 atom stereocenters. The van der Waals surface area contributed by atoms with E-state index in [9.17, 15) is 0 Å². The largest absolute Gasteiger partial charge is 0.0697 e. The molecule has 0 aromatic heterocycles. The van der Waals surface area contributed by atoms with E-state index in [1.54, 1.807) is 5.57 Å². The Balaban J connectivity index is 1.86. The summed E-state index contributed by atoms with van der Waals surface area (Å²) in [6.07, 6.45) is 21.7. The van der Waals surface area contributed by atoms with Gasteiger partial charge in [0.25, 0.3) is 0 Å². The summed E-state index contributed by atoms with van der Waals surface area (Å²) < 4.78 is 0. The van der Waals surface area contributed by atoms with Crippen LogP contribution in [0, 0.1) is 11.8 Å². The van der Waals surface area contributed by atoms with Crippen molar-refractivity contribution in [2.75, 3.05) is 0 Å². The Morgan fingerprint density at radius 1 is 0.583 bits per heavy atom.